The molecule has 6 rings (SSSR count). The summed E-state index contributed by atoms with van der Waals surface area (Å²) in [5.74, 6) is -1.61. The van der Waals surface area contributed by atoms with Gasteiger partial charge in [0.25, 0.3) is 11.8 Å². The van der Waals surface area contributed by atoms with Crippen molar-refractivity contribution < 1.29 is 28.7 Å². The van der Waals surface area contributed by atoms with E-state index in [-0.39, 0.29) is 30.4 Å². The first-order valence-corrected chi connectivity index (χ1v) is 15.8. The fraction of sp³-hybridized carbons (Fsp3) is 0.485. The molecule has 2 aromatic carbocycles. The Morgan fingerprint density at radius 3 is 2.27 bits per heavy atom. The highest BCUT2D eigenvalue weighted by atomic mass is 35.5. The van der Waals surface area contributed by atoms with Gasteiger partial charge in [-0.25, -0.2) is 0 Å². The summed E-state index contributed by atoms with van der Waals surface area (Å²) in [7, 11) is 1.59. The minimum atomic E-state index is -0.736. The maximum absolute atomic E-state index is 14.5. The van der Waals surface area contributed by atoms with Crippen molar-refractivity contribution in [2.24, 2.45) is 11.8 Å². The summed E-state index contributed by atoms with van der Waals surface area (Å²) >= 11 is 6.76. The number of carbonyl (C=O) groups excluding carboxylic acids is 5. The average molecular weight is 621 g/mol. The Kier molecular flexibility index (Phi) is 8.37. The van der Waals surface area contributed by atoms with Crippen molar-refractivity contribution in [2.75, 3.05) is 33.2 Å². The molecule has 1 saturated carbocycles. The number of fused-ring (bicyclic) bond motifs is 2. The van der Waals surface area contributed by atoms with Crippen LogP contribution in [0.2, 0.25) is 5.02 Å². The summed E-state index contributed by atoms with van der Waals surface area (Å²) in [5.41, 5.74) is 2.14. The molecular formula is C33H37ClN4O6. The van der Waals surface area contributed by atoms with Crippen molar-refractivity contribution in [1.82, 2.24) is 20.0 Å². The summed E-state index contributed by atoms with van der Waals surface area (Å²) in [5, 5.41) is 3.24. The number of benzene rings is 2. The zero-order valence-electron chi connectivity index (χ0n) is 25.0. The number of hydrogen-bond donors (Lipinski definition) is 1. The fourth-order valence-corrected chi connectivity index (χ4v) is 7.60. The number of nitrogens with zero attached hydrogens (tertiary/aromatic N) is 3. The van der Waals surface area contributed by atoms with Crippen molar-refractivity contribution in [3.05, 3.63) is 63.7 Å². The van der Waals surface area contributed by atoms with Gasteiger partial charge in [-0.05, 0) is 49.1 Å². The van der Waals surface area contributed by atoms with Gasteiger partial charge >= 0.3 is 0 Å². The molecule has 4 aliphatic rings. The molecule has 11 heteroatoms. The summed E-state index contributed by atoms with van der Waals surface area (Å²) < 4.78 is 6.53. The van der Waals surface area contributed by atoms with Gasteiger partial charge < -0.3 is 19.9 Å². The molecule has 3 heterocycles. The highest BCUT2D eigenvalue weighted by molar-refractivity contribution is 6.31. The van der Waals surface area contributed by atoms with Gasteiger partial charge in [-0.2, -0.15) is 0 Å². The zero-order valence-corrected chi connectivity index (χ0v) is 25.8. The third-order valence-electron chi connectivity index (χ3n) is 9.64. The number of likely N-dealkylation sites (tertiary alicyclic amines) is 1. The second-order valence-electron chi connectivity index (χ2n) is 12.1. The monoisotopic (exact) mass is 620 g/mol. The number of halogens is 1. The number of amides is 5. The molecule has 3 aliphatic heterocycles. The lowest BCUT2D eigenvalue weighted by molar-refractivity contribution is -0.146. The van der Waals surface area contributed by atoms with Gasteiger partial charge in [0.1, 0.15) is 11.9 Å². The highest BCUT2D eigenvalue weighted by Crippen LogP contribution is 2.44. The summed E-state index contributed by atoms with van der Waals surface area (Å²) in [6.45, 7) is 2.80. The number of nitrogens with one attached hydrogen (secondary N) is 1. The molecule has 3 unspecified atom stereocenters. The van der Waals surface area contributed by atoms with Crippen LogP contribution in [0.25, 0.3) is 0 Å². The van der Waals surface area contributed by atoms with Gasteiger partial charge in [0.15, 0.2) is 0 Å². The van der Waals surface area contributed by atoms with Crippen molar-refractivity contribution in [3.63, 3.8) is 0 Å². The predicted octanol–water partition coefficient (Wildman–Crippen LogP) is 3.61. The van der Waals surface area contributed by atoms with E-state index in [2.05, 4.69) is 5.32 Å². The Morgan fingerprint density at radius 2 is 1.64 bits per heavy atom. The molecule has 1 saturated heterocycles. The molecule has 2 fully saturated rings. The molecule has 0 bridgehead atoms. The van der Waals surface area contributed by atoms with Crippen LogP contribution in [0.4, 0.5) is 0 Å². The number of hydrogen-bond acceptors (Lipinski definition) is 6. The van der Waals surface area contributed by atoms with Crippen LogP contribution >= 0.6 is 11.6 Å². The van der Waals surface area contributed by atoms with Gasteiger partial charge in [0, 0.05) is 55.9 Å². The summed E-state index contributed by atoms with van der Waals surface area (Å²) in [6, 6.07) is 9.52. The third-order valence-corrected chi connectivity index (χ3v) is 9.99. The van der Waals surface area contributed by atoms with Crippen LogP contribution in [0, 0.1) is 11.8 Å². The van der Waals surface area contributed by atoms with Gasteiger partial charge in [0.2, 0.25) is 17.7 Å². The number of rotatable bonds is 6. The molecule has 232 valence electrons. The van der Waals surface area contributed by atoms with Crippen LogP contribution < -0.4 is 10.1 Å². The normalized spacial score (nSPS) is 24.7. The van der Waals surface area contributed by atoms with Crippen molar-refractivity contribution in [1.29, 1.82) is 0 Å². The van der Waals surface area contributed by atoms with E-state index in [0.29, 0.717) is 72.8 Å². The van der Waals surface area contributed by atoms with Gasteiger partial charge in [-0.3, -0.25) is 28.9 Å². The molecule has 2 aromatic rings. The smallest absolute Gasteiger partial charge is 0.261 e. The molecule has 4 atom stereocenters. The number of carbonyl (C=O) groups is 5. The quantitative estimate of drug-likeness (QED) is 0.493. The maximum Gasteiger partial charge on any atom is 0.261 e. The van der Waals surface area contributed by atoms with Crippen molar-refractivity contribution in [3.8, 4) is 5.75 Å². The average Bonchev–Trinajstić information content (AvgIpc) is 3.61. The standard InChI is InChI=1S/C33H37ClN4O6/c1-19(39)36-15-13-20(17-36)44-28-12-11-26(34)25-14-16-37(31(41)22-8-4-3-7-21(22)30(40)35-2)27(29(25)28)18-38-32(42)23-9-5-6-10-24(23)33(38)43/h5-6,9-12,20-22,27H,3-4,7-8,13-18H2,1-2H3,(H,35,40)/t20?,21?,22?,27-/m1/s1. The van der Waals surface area contributed by atoms with E-state index in [9.17, 15) is 24.0 Å². The van der Waals surface area contributed by atoms with Crippen molar-refractivity contribution in [2.45, 2.75) is 57.6 Å². The molecule has 0 spiro atoms. The van der Waals surface area contributed by atoms with E-state index in [1.807, 2.05) is 0 Å². The topological polar surface area (TPSA) is 116 Å². The second-order valence-corrected chi connectivity index (χ2v) is 12.5. The van der Waals surface area contributed by atoms with Gasteiger partial charge in [-0.1, -0.05) is 36.6 Å². The summed E-state index contributed by atoms with van der Waals surface area (Å²) in [4.78, 5) is 71.1. The van der Waals surface area contributed by atoms with Crippen molar-refractivity contribution >= 4 is 41.1 Å². The molecule has 0 radical (unpaired) electrons. The first-order chi connectivity index (χ1) is 21.2. The first kappa shape index (κ1) is 30.1. The van der Waals surface area contributed by atoms with Crippen LogP contribution in [0.3, 0.4) is 0 Å². The Labute approximate surface area is 261 Å². The lowest BCUT2D eigenvalue weighted by Gasteiger charge is -2.43. The van der Waals surface area contributed by atoms with Crippen LogP contribution in [-0.4, -0.2) is 83.6 Å². The second kappa shape index (κ2) is 12.2. The largest absolute Gasteiger partial charge is 0.488 e. The van der Waals surface area contributed by atoms with E-state index in [1.165, 1.54) is 11.8 Å². The Morgan fingerprint density at radius 1 is 0.955 bits per heavy atom. The third kappa shape index (κ3) is 5.33. The van der Waals surface area contributed by atoms with Crippen LogP contribution in [-0.2, 0) is 20.8 Å². The molecule has 1 aliphatic carbocycles. The molecule has 1 N–H and O–H groups in total. The first-order valence-electron chi connectivity index (χ1n) is 15.4. The van der Waals surface area contributed by atoms with E-state index in [4.69, 9.17) is 16.3 Å². The van der Waals surface area contributed by atoms with Gasteiger partial charge in [0.05, 0.1) is 30.3 Å². The molecule has 5 amide bonds. The fourth-order valence-electron chi connectivity index (χ4n) is 7.34. The van der Waals surface area contributed by atoms with Crippen LogP contribution in [0.15, 0.2) is 36.4 Å². The Balaban J connectivity index is 1.40. The van der Waals surface area contributed by atoms with E-state index in [1.54, 1.807) is 53.2 Å². The lowest BCUT2D eigenvalue weighted by Crippen LogP contribution is -2.51. The van der Waals surface area contributed by atoms with E-state index < -0.39 is 29.7 Å². The number of ether oxygens (including phenoxy) is 1. The number of imide groups is 1. The minimum absolute atomic E-state index is 0.0207. The zero-order chi connectivity index (χ0) is 31.1. The minimum Gasteiger partial charge on any atom is -0.488 e. The highest BCUT2D eigenvalue weighted by Gasteiger charge is 2.45. The Hall–Kier alpha value is -3.92. The molecule has 44 heavy (non-hydrogen) atoms. The molecule has 10 nitrogen and oxygen atoms in total. The predicted molar refractivity (Wildman–Crippen MR) is 162 cm³/mol. The Bertz CT molecular complexity index is 1490. The van der Waals surface area contributed by atoms with Gasteiger partial charge in [-0.15, -0.1) is 0 Å². The maximum atomic E-state index is 14.5. The lowest BCUT2D eigenvalue weighted by atomic mass is 9.77. The van der Waals surface area contributed by atoms with E-state index in [0.717, 1.165) is 18.4 Å². The van der Waals surface area contributed by atoms with Crippen LogP contribution in [0.5, 0.6) is 5.75 Å². The van der Waals surface area contributed by atoms with E-state index >= 15 is 0 Å². The molecular weight excluding hydrogens is 584 g/mol. The SMILES string of the molecule is CNC(=O)C1CCCCC1C(=O)N1CCc2c(Cl)ccc(OC3CCN(C(C)=O)C3)c2[C@H]1CN1C(=O)c2ccccc2C1=O. The molecule has 0 aromatic heterocycles. The van der Waals surface area contributed by atoms with Crippen LogP contribution in [0.1, 0.15) is 76.9 Å². The summed E-state index contributed by atoms with van der Waals surface area (Å²) in [6.07, 6.45) is 3.77.